The first kappa shape index (κ1) is 31.6. The molecular weight excluding hydrogens is 631 g/mol. The number of hydrogen-bond donors (Lipinski definition) is 1. The molecule has 0 unspecified atom stereocenters. The number of nitrogens with one attached hydrogen (secondary N) is 1. The van der Waals surface area contributed by atoms with Gasteiger partial charge in [0, 0.05) is 54.6 Å². The number of hydrogen-bond acceptors (Lipinski definition) is 7. The molecule has 1 aromatic carbocycles. The molecule has 2 saturated heterocycles. The third-order valence-electron chi connectivity index (χ3n) is 12.0. The quantitative estimate of drug-likeness (QED) is 0.236. The zero-order valence-electron chi connectivity index (χ0n) is 28.9. The minimum atomic E-state index is -0.622. The molecule has 5 aliphatic rings. The van der Waals surface area contributed by atoms with Crippen LogP contribution < -0.4 is 10.2 Å². The Morgan fingerprint density at radius 3 is 2.50 bits per heavy atom. The lowest BCUT2D eigenvalue weighted by Crippen LogP contribution is -2.58. The SMILES string of the molecule is CC(C)n1cnc2cc(-c3ccc4c(c3)N([C@H]3C[C@@H](N5CCCCC5)C3)C(=O)C43CCN(C(=O)C4CC4)CC3)nc(Nc3ccncc3F)c21. The van der Waals surface area contributed by atoms with Crippen LogP contribution in [0.5, 0.6) is 0 Å². The molecule has 260 valence electrons. The molecule has 9 rings (SSSR count). The Balaban J connectivity index is 1.09. The van der Waals surface area contributed by atoms with Gasteiger partial charge in [-0.1, -0.05) is 18.6 Å². The molecule has 4 fully saturated rings. The Morgan fingerprint density at radius 1 is 1.00 bits per heavy atom. The monoisotopic (exact) mass is 676 g/mol. The van der Waals surface area contributed by atoms with E-state index in [4.69, 9.17) is 9.97 Å². The van der Waals surface area contributed by atoms with Crippen LogP contribution in [0, 0.1) is 11.7 Å². The highest BCUT2D eigenvalue weighted by atomic mass is 19.1. The highest BCUT2D eigenvalue weighted by Gasteiger charge is 2.56. The molecule has 3 aromatic heterocycles. The first-order valence-electron chi connectivity index (χ1n) is 18.6. The summed E-state index contributed by atoms with van der Waals surface area (Å²) in [6, 6.07) is 10.7. The van der Waals surface area contributed by atoms with Crippen LogP contribution in [0.15, 0.2) is 49.1 Å². The summed E-state index contributed by atoms with van der Waals surface area (Å²) < 4.78 is 16.9. The molecule has 0 bridgehead atoms. The first-order valence-corrected chi connectivity index (χ1v) is 18.6. The van der Waals surface area contributed by atoms with Crippen molar-refractivity contribution in [1.29, 1.82) is 0 Å². The van der Waals surface area contributed by atoms with Gasteiger partial charge in [0.25, 0.3) is 0 Å². The van der Waals surface area contributed by atoms with E-state index in [2.05, 4.69) is 52.1 Å². The zero-order valence-corrected chi connectivity index (χ0v) is 28.9. The summed E-state index contributed by atoms with van der Waals surface area (Å²) in [5.41, 5.74) is 4.84. The molecule has 11 heteroatoms. The van der Waals surface area contributed by atoms with E-state index < -0.39 is 11.2 Å². The number of likely N-dealkylation sites (tertiary alicyclic amines) is 2. The summed E-state index contributed by atoms with van der Waals surface area (Å²) in [7, 11) is 0. The average Bonchev–Trinajstić information content (AvgIpc) is 3.83. The predicted molar refractivity (Wildman–Crippen MR) is 191 cm³/mol. The molecule has 0 atom stereocenters. The van der Waals surface area contributed by atoms with Crippen molar-refractivity contribution in [3.05, 3.63) is 60.4 Å². The van der Waals surface area contributed by atoms with Gasteiger partial charge >= 0.3 is 0 Å². The molecule has 1 N–H and O–H groups in total. The Bertz CT molecular complexity index is 1970. The second-order valence-corrected chi connectivity index (χ2v) is 15.4. The van der Waals surface area contributed by atoms with Gasteiger partial charge in [0.1, 0.15) is 5.52 Å². The van der Waals surface area contributed by atoms with Crippen molar-refractivity contribution in [2.24, 2.45) is 5.92 Å². The van der Waals surface area contributed by atoms with Gasteiger partial charge in [0.15, 0.2) is 11.6 Å². The smallest absolute Gasteiger partial charge is 0.238 e. The maximum atomic E-state index is 14.8. The minimum absolute atomic E-state index is 0.119. The maximum Gasteiger partial charge on any atom is 0.238 e. The van der Waals surface area contributed by atoms with E-state index in [9.17, 15) is 14.0 Å². The summed E-state index contributed by atoms with van der Waals surface area (Å²) in [6.07, 6.45) is 13.6. The van der Waals surface area contributed by atoms with E-state index in [0.29, 0.717) is 43.5 Å². The summed E-state index contributed by atoms with van der Waals surface area (Å²) in [6.45, 7) is 7.71. The summed E-state index contributed by atoms with van der Waals surface area (Å²) in [5, 5.41) is 3.23. The molecular formula is C39H45FN8O2. The number of anilines is 3. The number of carbonyl (C=O) groups is 2. The number of carbonyl (C=O) groups excluding carboxylic acids is 2. The van der Waals surface area contributed by atoms with Crippen LogP contribution >= 0.6 is 0 Å². The van der Waals surface area contributed by atoms with Crippen molar-refractivity contribution in [1.82, 2.24) is 29.3 Å². The van der Waals surface area contributed by atoms with Gasteiger partial charge in [-0.2, -0.15) is 0 Å². The highest BCUT2D eigenvalue weighted by molar-refractivity contribution is 6.09. The number of rotatable bonds is 7. The minimum Gasteiger partial charge on any atom is -0.342 e. The van der Waals surface area contributed by atoms with Gasteiger partial charge in [-0.3, -0.25) is 14.6 Å². The van der Waals surface area contributed by atoms with E-state index in [0.717, 1.165) is 66.6 Å². The predicted octanol–water partition coefficient (Wildman–Crippen LogP) is 6.59. The molecule has 50 heavy (non-hydrogen) atoms. The van der Waals surface area contributed by atoms with Crippen LogP contribution in [0.4, 0.5) is 21.6 Å². The van der Waals surface area contributed by atoms with Crippen molar-refractivity contribution in [3.63, 3.8) is 0 Å². The molecule has 1 spiro atoms. The van der Waals surface area contributed by atoms with Crippen molar-refractivity contribution < 1.29 is 14.0 Å². The molecule has 3 aliphatic heterocycles. The number of aromatic nitrogens is 4. The van der Waals surface area contributed by atoms with Crippen LogP contribution in [-0.2, 0) is 15.0 Å². The fraction of sp³-hybridized carbons (Fsp3) is 0.513. The Kier molecular flexibility index (Phi) is 7.67. The van der Waals surface area contributed by atoms with Gasteiger partial charge in [-0.25, -0.2) is 14.4 Å². The average molecular weight is 677 g/mol. The van der Waals surface area contributed by atoms with E-state index in [-0.39, 0.29) is 35.5 Å². The van der Waals surface area contributed by atoms with E-state index in [1.165, 1.54) is 25.5 Å². The van der Waals surface area contributed by atoms with Crippen LogP contribution in [0.2, 0.25) is 0 Å². The lowest BCUT2D eigenvalue weighted by molar-refractivity contribution is -0.137. The zero-order chi connectivity index (χ0) is 34.1. The summed E-state index contributed by atoms with van der Waals surface area (Å²) in [5.74, 6) is 0.685. The van der Waals surface area contributed by atoms with Crippen molar-refractivity contribution in [2.75, 3.05) is 36.4 Å². The molecule has 4 aromatic rings. The van der Waals surface area contributed by atoms with Crippen molar-refractivity contribution in [3.8, 4) is 11.3 Å². The second-order valence-electron chi connectivity index (χ2n) is 15.4. The fourth-order valence-electron chi connectivity index (χ4n) is 8.94. The van der Waals surface area contributed by atoms with Gasteiger partial charge in [-0.15, -0.1) is 0 Å². The van der Waals surface area contributed by atoms with Crippen molar-refractivity contribution >= 4 is 40.0 Å². The lowest BCUT2D eigenvalue weighted by Gasteiger charge is -2.48. The molecule has 2 saturated carbocycles. The Morgan fingerprint density at radius 2 is 1.78 bits per heavy atom. The molecule has 2 amide bonds. The fourth-order valence-corrected chi connectivity index (χ4v) is 8.94. The van der Waals surface area contributed by atoms with E-state index in [1.807, 2.05) is 15.5 Å². The Labute approximate surface area is 292 Å². The summed E-state index contributed by atoms with van der Waals surface area (Å²) >= 11 is 0. The Hall–Kier alpha value is -4.38. The largest absolute Gasteiger partial charge is 0.342 e. The standard InChI is InChI=1S/C39H45FN8O2/c1-24(2)47-23-42-33-21-32(44-36(35(33)47)43-31-10-13-41-22-30(31)40)26-8-9-29-34(18-26)48(28-19-27(20-28)45-14-4-3-5-15-45)38(50)39(29)11-16-46(17-12-39)37(49)25-6-7-25/h8-10,13,18,21-25,27-28H,3-7,11-12,14-17,19-20H2,1-2H3,(H,41,43,44)/t27-,28+. The summed E-state index contributed by atoms with van der Waals surface area (Å²) in [4.78, 5) is 48.2. The number of nitrogens with zero attached hydrogens (tertiary/aromatic N) is 7. The molecule has 2 aliphatic carbocycles. The third kappa shape index (κ3) is 5.18. The van der Waals surface area contributed by atoms with E-state index in [1.54, 1.807) is 18.6 Å². The van der Waals surface area contributed by atoms with Gasteiger partial charge in [-0.05, 0) is 102 Å². The van der Waals surface area contributed by atoms with Gasteiger partial charge in [0.2, 0.25) is 11.8 Å². The topological polar surface area (TPSA) is 99.5 Å². The first-order chi connectivity index (χ1) is 24.3. The number of imidazole rings is 1. The van der Waals surface area contributed by atoms with Crippen LogP contribution in [0.3, 0.4) is 0 Å². The number of amides is 2. The van der Waals surface area contributed by atoms with Crippen LogP contribution in [0.25, 0.3) is 22.3 Å². The van der Waals surface area contributed by atoms with Crippen LogP contribution in [-0.4, -0.2) is 79.4 Å². The maximum absolute atomic E-state index is 14.8. The van der Waals surface area contributed by atoms with E-state index >= 15 is 0 Å². The second kappa shape index (κ2) is 12.1. The lowest BCUT2D eigenvalue weighted by atomic mass is 9.73. The van der Waals surface area contributed by atoms with Gasteiger partial charge in [0.05, 0.1) is 34.8 Å². The van der Waals surface area contributed by atoms with Crippen LogP contribution in [0.1, 0.15) is 83.2 Å². The molecule has 6 heterocycles. The number of halogens is 1. The normalized spacial score (nSPS) is 23.5. The van der Waals surface area contributed by atoms with Gasteiger partial charge < -0.3 is 24.6 Å². The number of benzene rings is 1. The third-order valence-corrected chi connectivity index (χ3v) is 12.0. The molecule has 10 nitrogen and oxygen atoms in total. The van der Waals surface area contributed by atoms with Crippen molar-refractivity contribution in [2.45, 2.75) is 95.2 Å². The number of piperidine rings is 2. The number of fused-ring (bicyclic) bond motifs is 3. The number of pyridine rings is 2. The molecule has 0 radical (unpaired) electrons. The highest BCUT2D eigenvalue weighted by Crippen LogP contribution is 2.52.